The van der Waals surface area contributed by atoms with Gasteiger partial charge in [-0.05, 0) is 27.3 Å². The lowest BCUT2D eigenvalue weighted by molar-refractivity contribution is 0.0788. The molecule has 17 heavy (non-hydrogen) atoms. The summed E-state index contributed by atoms with van der Waals surface area (Å²) in [4.78, 5) is 14.3. The van der Waals surface area contributed by atoms with Gasteiger partial charge in [0.2, 0.25) is 0 Å². The van der Waals surface area contributed by atoms with Crippen LogP contribution in [0.4, 0.5) is 0 Å². The van der Waals surface area contributed by atoms with Crippen molar-refractivity contribution in [2.45, 2.75) is 26.3 Å². The van der Waals surface area contributed by atoms with Gasteiger partial charge in [-0.15, -0.1) is 0 Å². The van der Waals surface area contributed by atoms with Crippen molar-refractivity contribution in [3.63, 3.8) is 0 Å². The van der Waals surface area contributed by atoms with Crippen LogP contribution in [0, 0.1) is 13.8 Å². The van der Waals surface area contributed by atoms with E-state index in [1.54, 1.807) is 4.68 Å². The molecule has 0 radical (unpaired) electrons. The molecule has 1 aromatic rings. The molecule has 1 saturated heterocycles. The molecule has 0 spiro atoms. The standard InChI is InChI=1S/C12H20N4O/c1-8-11(9(2)15(4)14-8)12(17)16-6-5-10(7-16)13-3/h10,13H,5-7H2,1-4H3. The number of hydrogen-bond acceptors (Lipinski definition) is 3. The zero-order valence-corrected chi connectivity index (χ0v) is 10.9. The van der Waals surface area contributed by atoms with Gasteiger partial charge in [0, 0.05) is 31.9 Å². The first kappa shape index (κ1) is 12.1. The second-order valence-electron chi connectivity index (χ2n) is 4.69. The average Bonchev–Trinajstić information content (AvgIpc) is 2.85. The second kappa shape index (κ2) is 4.49. The van der Waals surface area contributed by atoms with Gasteiger partial charge in [0.25, 0.3) is 5.91 Å². The summed E-state index contributed by atoms with van der Waals surface area (Å²) in [6, 6.07) is 0.427. The predicted octanol–water partition coefficient (Wildman–Crippen LogP) is 0.471. The Bertz CT molecular complexity index is 438. The van der Waals surface area contributed by atoms with Crippen LogP contribution in [0.2, 0.25) is 0 Å². The highest BCUT2D eigenvalue weighted by molar-refractivity contribution is 5.96. The normalized spacial score (nSPS) is 20.0. The molecular weight excluding hydrogens is 216 g/mol. The molecule has 2 rings (SSSR count). The zero-order chi connectivity index (χ0) is 12.6. The lowest BCUT2D eigenvalue weighted by atomic mass is 10.1. The predicted molar refractivity (Wildman–Crippen MR) is 66.1 cm³/mol. The average molecular weight is 236 g/mol. The number of rotatable bonds is 2. The fourth-order valence-corrected chi connectivity index (χ4v) is 2.42. The van der Waals surface area contributed by atoms with Gasteiger partial charge in [-0.2, -0.15) is 5.10 Å². The van der Waals surface area contributed by atoms with Crippen molar-refractivity contribution < 1.29 is 4.79 Å². The van der Waals surface area contributed by atoms with Crippen molar-refractivity contribution in [1.29, 1.82) is 0 Å². The highest BCUT2D eigenvalue weighted by atomic mass is 16.2. The van der Waals surface area contributed by atoms with Crippen molar-refractivity contribution in [1.82, 2.24) is 20.0 Å². The van der Waals surface area contributed by atoms with E-state index in [0.717, 1.165) is 36.5 Å². The van der Waals surface area contributed by atoms with Gasteiger partial charge in [-0.1, -0.05) is 0 Å². The Morgan fingerprint density at radius 3 is 2.65 bits per heavy atom. The fourth-order valence-electron chi connectivity index (χ4n) is 2.42. The summed E-state index contributed by atoms with van der Waals surface area (Å²) in [7, 11) is 3.82. The summed E-state index contributed by atoms with van der Waals surface area (Å²) >= 11 is 0. The van der Waals surface area contributed by atoms with E-state index in [0.29, 0.717) is 6.04 Å². The zero-order valence-electron chi connectivity index (χ0n) is 10.9. The largest absolute Gasteiger partial charge is 0.337 e. The van der Waals surface area contributed by atoms with Gasteiger partial charge in [0.15, 0.2) is 0 Å². The Morgan fingerprint density at radius 2 is 2.18 bits per heavy atom. The molecule has 1 aliphatic rings. The summed E-state index contributed by atoms with van der Waals surface area (Å²) in [5.74, 6) is 0.117. The highest BCUT2D eigenvalue weighted by Crippen LogP contribution is 2.18. The van der Waals surface area contributed by atoms with E-state index in [1.165, 1.54) is 0 Å². The minimum Gasteiger partial charge on any atom is -0.337 e. The number of likely N-dealkylation sites (N-methyl/N-ethyl adjacent to an activating group) is 1. The van der Waals surface area contributed by atoms with Gasteiger partial charge in [-0.25, -0.2) is 0 Å². The first-order valence-electron chi connectivity index (χ1n) is 6.01. The third kappa shape index (κ3) is 2.07. The Morgan fingerprint density at radius 1 is 1.47 bits per heavy atom. The van der Waals surface area contributed by atoms with Crippen LogP contribution in [0.25, 0.3) is 0 Å². The number of nitrogens with zero attached hydrogens (tertiary/aromatic N) is 3. The van der Waals surface area contributed by atoms with Gasteiger partial charge in [0.05, 0.1) is 11.3 Å². The van der Waals surface area contributed by atoms with E-state index in [-0.39, 0.29) is 5.91 Å². The number of hydrogen-bond donors (Lipinski definition) is 1. The monoisotopic (exact) mass is 236 g/mol. The van der Waals surface area contributed by atoms with Gasteiger partial charge in [-0.3, -0.25) is 9.48 Å². The Kier molecular flexibility index (Phi) is 3.19. The fraction of sp³-hybridized carbons (Fsp3) is 0.667. The first-order valence-corrected chi connectivity index (χ1v) is 6.01. The number of nitrogens with one attached hydrogen (secondary N) is 1. The number of aryl methyl sites for hydroxylation is 2. The van der Waals surface area contributed by atoms with E-state index in [1.807, 2.05) is 32.8 Å². The number of aromatic nitrogens is 2. The molecule has 1 unspecified atom stereocenters. The molecule has 0 aliphatic carbocycles. The molecule has 1 N–H and O–H groups in total. The molecule has 1 aromatic heterocycles. The molecule has 1 atom stereocenters. The second-order valence-corrected chi connectivity index (χ2v) is 4.69. The van der Waals surface area contributed by atoms with Crippen LogP contribution in [0.3, 0.4) is 0 Å². The summed E-state index contributed by atoms with van der Waals surface area (Å²) in [5, 5.41) is 7.52. The molecule has 5 heteroatoms. The van der Waals surface area contributed by atoms with Crippen molar-refractivity contribution in [2.24, 2.45) is 7.05 Å². The Labute approximate surface area is 102 Å². The lowest BCUT2D eigenvalue weighted by Gasteiger charge is -2.16. The minimum atomic E-state index is 0.117. The van der Waals surface area contributed by atoms with Crippen LogP contribution in [-0.4, -0.2) is 46.8 Å². The van der Waals surface area contributed by atoms with Crippen LogP contribution in [-0.2, 0) is 7.05 Å². The topological polar surface area (TPSA) is 50.2 Å². The summed E-state index contributed by atoms with van der Waals surface area (Å²) in [6.07, 6.45) is 1.03. The van der Waals surface area contributed by atoms with Gasteiger partial charge in [0.1, 0.15) is 0 Å². The molecule has 1 fully saturated rings. The summed E-state index contributed by atoms with van der Waals surface area (Å²) in [6.45, 7) is 5.46. The number of carbonyl (C=O) groups excluding carboxylic acids is 1. The van der Waals surface area contributed by atoms with Crippen LogP contribution in [0.15, 0.2) is 0 Å². The Balaban J connectivity index is 2.20. The van der Waals surface area contributed by atoms with E-state index in [2.05, 4.69) is 10.4 Å². The van der Waals surface area contributed by atoms with Crippen molar-refractivity contribution >= 4 is 5.91 Å². The maximum atomic E-state index is 12.4. The number of likely N-dealkylation sites (tertiary alicyclic amines) is 1. The molecule has 2 heterocycles. The van der Waals surface area contributed by atoms with Crippen LogP contribution in [0.5, 0.6) is 0 Å². The van der Waals surface area contributed by atoms with E-state index < -0.39 is 0 Å². The van der Waals surface area contributed by atoms with E-state index in [9.17, 15) is 4.79 Å². The molecule has 5 nitrogen and oxygen atoms in total. The van der Waals surface area contributed by atoms with Crippen LogP contribution < -0.4 is 5.32 Å². The number of amides is 1. The SMILES string of the molecule is CNC1CCN(C(=O)c2c(C)nn(C)c2C)C1. The first-order chi connectivity index (χ1) is 8.04. The quantitative estimate of drug-likeness (QED) is 0.812. The van der Waals surface area contributed by atoms with Crippen molar-refractivity contribution in [3.05, 3.63) is 17.0 Å². The van der Waals surface area contributed by atoms with Gasteiger partial charge < -0.3 is 10.2 Å². The highest BCUT2D eigenvalue weighted by Gasteiger charge is 2.29. The molecule has 0 saturated carbocycles. The van der Waals surface area contributed by atoms with E-state index >= 15 is 0 Å². The molecule has 1 amide bonds. The minimum absolute atomic E-state index is 0.117. The maximum absolute atomic E-state index is 12.4. The third-order valence-electron chi connectivity index (χ3n) is 3.61. The van der Waals surface area contributed by atoms with E-state index in [4.69, 9.17) is 0 Å². The van der Waals surface area contributed by atoms with Crippen LogP contribution in [0.1, 0.15) is 28.2 Å². The lowest BCUT2D eigenvalue weighted by Crippen LogP contribution is -2.33. The summed E-state index contributed by atoms with van der Waals surface area (Å²) < 4.78 is 1.77. The molecule has 0 aromatic carbocycles. The number of carbonyl (C=O) groups is 1. The molecule has 0 bridgehead atoms. The van der Waals surface area contributed by atoms with Crippen molar-refractivity contribution in [2.75, 3.05) is 20.1 Å². The summed E-state index contributed by atoms with van der Waals surface area (Å²) in [5.41, 5.74) is 2.53. The molecule has 1 aliphatic heterocycles. The smallest absolute Gasteiger partial charge is 0.257 e. The molecule has 94 valence electrons. The van der Waals surface area contributed by atoms with Crippen molar-refractivity contribution in [3.8, 4) is 0 Å². The third-order valence-corrected chi connectivity index (χ3v) is 3.61. The van der Waals surface area contributed by atoms with Gasteiger partial charge >= 0.3 is 0 Å². The maximum Gasteiger partial charge on any atom is 0.257 e. The molecular formula is C12H20N4O. The Hall–Kier alpha value is -1.36. The van der Waals surface area contributed by atoms with Crippen LogP contribution >= 0.6 is 0 Å².